The van der Waals surface area contributed by atoms with Crippen molar-refractivity contribution in [2.75, 3.05) is 13.1 Å². The van der Waals surface area contributed by atoms with Gasteiger partial charge in [0.25, 0.3) is 0 Å². The molecule has 0 radical (unpaired) electrons. The summed E-state index contributed by atoms with van der Waals surface area (Å²) in [6.45, 7) is 0.992. The number of guanidine groups is 1. The van der Waals surface area contributed by atoms with Crippen LogP contribution in [-0.2, 0) is 10.0 Å². The number of unbranched alkanes of at least 4 members (excludes halogenated alkanes) is 3. The van der Waals surface area contributed by atoms with Crippen LogP contribution in [0.3, 0.4) is 0 Å². The summed E-state index contributed by atoms with van der Waals surface area (Å²) < 4.78 is 27.8. The molecule has 0 aliphatic rings. The van der Waals surface area contributed by atoms with Crippen LogP contribution in [0.2, 0.25) is 5.02 Å². The molecule has 136 valence electrons. The van der Waals surface area contributed by atoms with Crippen molar-refractivity contribution in [1.29, 1.82) is 0 Å². The van der Waals surface area contributed by atoms with Crippen LogP contribution in [0.5, 0.6) is 0 Å². The molecular formula is C17H23ClN4O2S. The van der Waals surface area contributed by atoms with Crippen molar-refractivity contribution < 1.29 is 8.42 Å². The molecule has 5 N–H and O–H groups in total. The van der Waals surface area contributed by atoms with Gasteiger partial charge < -0.3 is 11.5 Å². The first-order valence-corrected chi connectivity index (χ1v) is 10.0. The minimum atomic E-state index is -3.58. The lowest BCUT2D eigenvalue weighted by Crippen LogP contribution is -2.25. The summed E-state index contributed by atoms with van der Waals surface area (Å²) in [7, 11) is -3.58. The van der Waals surface area contributed by atoms with Crippen molar-refractivity contribution in [2.24, 2.45) is 16.5 Å². The number of hydrogen-bond acceptors (Lipinski definition) is 3. The van der Waals surface area contributed by atoms with Crippen LogP contribution in [0, 0.1) is 0 Å². The third-order valence-electron chi connectivity index (χ3n) is 3.79. The number of nitrogens with zero attached hydrogens (tertiary/aromatic N) is 1. The van der Waals surface area contributed by atoms with Gasteiger partial charge in [0, 0.05) is 28.9 Å². The normalized spacial score (nSPS) is 11.6. The lowest BCUT2D eigenvalue weighted by molar-refractivity contribution is 0.573. The maximum atomic E-state index is 12.6. The van der Waals surface area contributed by atoms with Gasteiger partial charge in [0.2, 0.25) is 10.0 Å². The molecule has 6 nitrogen and oxygen atoms in total. The number of fused-ring (bicyclic) bond motifs is 1. The zero-order valence-electron chi connectivity index (χ0n) is 13.9. The quantitative estimate of drug-likeness (QED) is 0.351. The summed E-state index contributed by atoms with van der Waals surface area (Å²) in [4.78, 5) is 4.16. The maximum absolute atomic E-state index is 12.6. The topological polar surface area (TPSA) is 111 Å². The first-order valence-electron chi connectivity index (χ1n) is 8.14. The minimum Gasteiger partial charge on any atom is -0.370 e. The van der Waals surface area contributed by atoms with Gasteiger partial charge in [0.1, 0.15) is 0 Å². The van der Waals surface area contributed by atoms with Gasteiger partial charge >= 0.3 is 0 Å². The lowest BCUT2D eigenvalue weighted by Gasteiger charge is -2.10. The molecule has 0 bridgehead atoms. The monoisotopic (exact) mass is 382 g/mol. The summed E-state index contributed by atoms with van der Waals surface area (Å²) in [6, 6.07) is 10.4. The molecule has 0 saturated carbocycles. The highest BCUT2D eigenvalue weighted by Gasteiger charge is 2.17. The fourth-order valence-corrected chi connectivity index (χ4v) is 4.09. The molecule has 25 heavy (non-hydrogen) atoms. The van der Waals surface area contributed by atoms with Crippen molar-refractivity contribution in [3.63, 3.8) is 0 Å². The molecule has 0 unspecified atom stereocenters. The molecule has 8 heteroatoms. The van der Waals surface area contributed by atoms with Gasteiger partial charge in [-0.3, -0.25) is 4.99 Å². The standard InChI is InChI=1S/C17H23ClN4O2S/c18-15-9-5-8-14-13(15)7-6-10-16(14)25(23,24)22-12-4-2-1-3-11-21-17(19)20/h5-10,22H,1-4,11-12H2,(H4,19,20,21). The Morgan fingerprint density at radius 3 is 2.44 bits per heavy atom. The van der Waals surface area contributed by atoms with Crippen LogP contribution in [0.15, 0.2) is 46.3 Å². The molecule has 0 aromatic heterocycles. The molecule has 0 spiro atoms. The van der Waals surface area contributed by atoms with E-state index >= 15 is 0 Å². The van der Waals surface area contributed by atoms with Crippen LogP contribution in [0.1, 0.15) is 25.7 Å². The summed E-state index contributed by atoms with van der Waals surface area (Å²) >= 11 is 6.15. The number of aliphatic imine (C=N–C) groups is 1. The summed E-state index contributed by atoms with van der Waals surface area (Å²) in [5.41, 5.74) is 10.5. The summed E-state index contributed by atoms with van der Waals surface area (Å²) in [6.07, 6.45) is 3.49. The molecule has 2 rings (SSSR count). The van der Waals surface area contributed by atoms with E-state index in [-0.39, 0.29) is 10.9 Å². The van der Waals surface area contributed by atoms with Gasteiger partial charge in [0.15, 0.2) is 5.96 Å². The van der Waals surface area contributed by atoms with E-state index in [1.54, 1.807) is 30.3 Å². The molecule has 2 aromatic rings. The number of nitrogens with two attached hydrogens (primary N) is 2. The van der Waals surface area contributed by atoms with Crippen molar-refractivity contribution in [3.05, 3.63) is 41.4 Å². The predicted molar refractivity (Wildman–Crippen MR) is 103 cm³/mol. The van der Waals surface area contributed by atoms with E-state index in [1.807, 2.05) is 6.07 Å². The Morgan fingerprint density at radius 2 is 1.68 bits per heavy atom. The Labute approximate surface area is 153 Å². The predicted octanol–water partition coefficient (Wildman–Crippen LogP) is 2.61. The minimum absolute atomic E-state index is 0.1000. The van der Waals surface area contributed by atoms with Gasteiger partial charge in [0.05, 0.1) is 4.90 Å². The van der Waals surface area contributed by atoms with E-state index in [9.17, 15) is 8.42 Å². The highest BCUT2D eigenvalue weighted by atomic mass is 35.5. The zero-order chi connectivity index (χ0) is 18.3. The SMILES string of the molecule is NC(N)=NCCCCCCNS(=O)(=O)c1cccc2c(Cl)cccc12. The number of sulfonamides is 1. The molecule has 2 aromatic carbocycles. The molecule has 0 heterocycles. The van der Waals surface area contributed by atoms with Crippen molar-refractivity contribution in [1.82, 2.24) is 4.72 Å². The van der Waals surface area contributed by atoms with Gasteiger partial charge in [-0.2, -0.15) is 0 Å². The van der Waals surface area contributed by atoms with Crippen molar-refractivity contribution >= 4 is 38.4 Å². The van der Waals surface area contributed by atoms with Crippen molar-refractivity contribution in [3.8, 4) is 0 Å². The van der Waals surface area contributed by atoms with E-state index in [0.29, 0.717) is 23.5 Å². The number of halogens is 1. The van der Waals surface area contributed by atoms with Crippen LogP contribution in [-0.4, -0.2) is 27.5 Å². The number of benzene rings is 2. The average molecular weight is 383 g/mol. The van der Waals surface area contributed by atoms with Crippen LogP contribution < -0.4 is 16.2 Å². The first kappa shape index (κ1) is 19.5. The molecular weight excluding hydrogens is 360 g/mol. The summed E-state index contributed by atoms with van der Waals surface area (Å²) in [5.74, 6) is 0.1000. The summed E-state index contributed by atoms with van der Waals surface area (Å²) in [5, 5.41) is 1.89. The molecule has 0 amide bonds. The zero-order valence-corrected chi connectivity index (χ0v) is 15.5. The van der Waals surface area contributed by atoms with Gasteiger partial charge in [-0.1, -0.05) is 48.7 Å². The molecule has 0 atom stereocenters. The number of nitrogens with one attached hydrogen (secondary N) is 1. The van der Waals surface area contributed by atoms with Crippen LogP contribution >= 0.6 is 11.6 Å². The van der Waals surface area contributed by atoms with E-state index < -0.39 is 10.0 Å². The average Bonchev–Trinajstić information content (AvgIpc) is 2.57. The van der Waals surface area contributed by atoms with E-state index in [0.717, 1.165) is 31.1 Å². The Bertz CT molecular complexity index is 849. The molecule has 0 fully saturated rings. The Balaban J connectivity index is 1.90. The van der Waals surface area contributed by atoms with E-state index in [4.69, 9.17) is 23.1 Å². The second kappa shape index (κ2) is 9.03. The third-order valence-corrected chi connectivity index (χ3v) is 5.64. The van der Waals surface area contributed by atoms with Crippen LogP contribution in [0.4, 0.5) is 0 Å². The lowest BCUT2D eigenvalue weighted by atomic mass is 10.1. The fourth-order valence-electron chi connectivity index (χ4n) is 2.56. The third kappa shape index (κ3) is 5.59. The van der Waals surface area contributed by atoms with E-state index in [2.05, 4.69) is 9.71 Å². The molecule has 0 saturated heterocycles. The second-order valence-electron chi connectivity index (χ2n) is 5.71. The number of rotatable bonds is 9. The highest BCUT2D eigenvalue weighted by molar-refractivity contribution is 7.89. The maximum Gasteiger partial charge on any atom is 0.241 e. The Morgan fingerprint density at radius 1 is 1.00 bits per heavy atom. The number of hydrogen-bond donors (Lipinski definition) is 3. The largest absolute Gasteiger partial charge is 0.370 e. The highest BCUT2D eigenvalue weighted by Crippen LogP contribution is 2.28. The van der Waals surface area contributed by atoms with Gasteiger partial charge in [-0.05, 0) is 25.0 Å². The van der Waals surface area contributed by atoms with Crippen LogP contribution in [0.25, 0.3) is 10.8 Å². The van der Waals surface area contributed by atoms with Crippen molar-refractivity contribution in [2.45, 2.75) is 30.6 Å². The fraction of sp³-hybridized carbons (Fsp3) is 0.353. The van der Waals surface area contributed by atoms with Gasteiger partial charge in [-0.15, -0.1) is 0 Å². The van der Waals surface area contributed by atoms with E-state index in [1.165, 1.54) is 0 Å². The molecule has 0 aliphatic carbocycles. The first-order chi connectivity index (χ1) is 11.9. The Kier molecular flexibility index (Phi) is 7.04. The smallest absolute Gasteiger partial charge is 0.241 e. The molecule has 0 aliphatic heterocycles. The Hall–Kier alpha value is -1.83. The van der Waals surface area contributed by atoms with Gasteiger partial charge in [-0.25, -0.2) is 13.1 Å². The second-order valence-corrected chi connectivity index (χ2v) is 7.85.